The van der Waals surface area contributed by atoms with E-state index in [0.29, 0.717) is 28.6 Å². The second-order valence-corrected chi connectivity index (χ2v) is 6.79. The predicted molar refractivity (Wildman–Crippen MR) is 133 cm³/mol. The van der Waals surface area contributed by atoms with Gasteiger partial charge in [0.2, 0.25) is 5.96 Å². The van der Waals surface area contributed by atoms with Crippen LogP contribution in [0.15, 0.2) is 70.0 Å². The second-order valence-electron chi connectivity index (χ2n) is 6.79. The standard InChI is InChI=1S/C24H31N7/c1-9-12-27-23(20(11-3)16-31(7)8)18(5)29-24(26-6)30-21-13-17(4)22(28-15-21)19(10-2)14-25/h9-13,15-16H,3H2,1-2,4-8H3,(H,26,30)/b12-9-,19-10-,20-16+,27-23+,29-18+. The van der Waals surface area contributed by atoms with Gasteiger partial charge in [0.25, 0.3) is 0 Å². The molecule has 0 bridgehead atoms. The molecule has 0 saturated carbocycles. The number of anilines is 1. The number of nitriles is 1. The second kappa shape index (κ2) is 12.7. The molecule has 1 aromatic rings. The molecule has 0 aromatic carbocycles. The summed E-state index contributed by atoms with van der Waals surface area (Å²) in [5.74, 6) is 0.416. The Morgan fingerprint density at radius 2 is 2.03 bits per heavy atom. The highest BCUT2D eigenvalue weighted by Crippen LogP contribution is 2.19. The predicted octanol–water partition coefficient (Wildman–Crippen LogP) is 4.78. The fourth-order valence-corrected chi connectivity index (χ4v) is 2.67. The largest absolute Gasteiger partial charge is 0.383 e. The molecule has 162 valence electrons. The zero-order valence-corrected chi connectivity index (χ0v) is 19.4. The van der Waals surface area contributed by atoms with Gasteiger partial charge in [0.05, 0.1) is 34.6 Å². The maximum atomic E-state index is 9.25. The van der Waals surface area contributed by atoms with Gasteiger partial charge in [-0.25, -0.2) is 4.99 Å². The number of allylic oxidation sites excluding steroid dienone is 5. The van der Waals surface area contributed by atoms with E-state index in [2.05, 4.69) is 37.9 Å². The number of nitrogens with one attached hydrogen (secondary N) is 1. The van der Waals surface area contributed by atoms with Gasteiger partial charge in [-0.05, 0) is 39.3 Å². The summed E-state index contributed by atoms with van der Waals surface area (Å²) in [7, 11) is 5.54. The zero-order chi connectivity index (χ0) is 23.4. The molecule has 0 spiro atoms. The molecular weight excluding hydrogens is 386 g/mol. The van der Waals surface area contributed by atoms with E-state index in [0.717, 1.165) is 16.8 Å². The van der Waals surface area contributed by atoms with Crippen molar-refractivity contribution in [1.82, 2.24) is 9.88 Å². The molecule has 0 saturated heterocycles. The van der Waals surface area contributed by atoms with Crippen molar-refractivity contribution in [3.63, 3.8) is 0 Å². The molecule has 0 amide bonds. The van der Waals surface area contributed by atoms with Gasteiger partial charge in [-0.3, -0.25) is 15.0 Å². The molecule has 0 aliphatic heterocycles. The van der Waals surface area contributed by atoms with Gasteiger partial charge in [0, 0.05) is 39.1 Å². The van der Waals surface area contributed by atoms with Crippen LogP contribution in [0.3, 0.4) is 0 Å². The van der Waals surface area contributed by atoms with Crippen LogP contribution in [0, 0.1) is 18.3 Å². The van der Waals surface area contributed by atoms with Crippen molar-refractivity contribution in [2.24, 2.45) is 15.0 Å². The van der Waals surface area contributed by atoms with E-state index >= 15 is 0 Å². The summed E-state index contributed by atoms with van der Waals surface area (Å²) >= 11 is 0. The van der Waals surface area contributed by atoms with Crippen molar-refractivity contribution in [2.45, 2.75) is 27.7 Å². The Hall–Kier alpha value is -3.79. The van der Waals surface area contributed by atoms with Gasteiger partial charge >= 0.3 is 0 Å². The average Bonchev–Trinajstić information content (AvgIpc) is 2.74. The number of aromatic nitrogens is 1. The Morgan fingerprint density at radius 1 is 1.32 bits per heavy atom. The highest BCUT2D eigenvalue weighted by atomic mass is 15.1. The summed E-state index contributed by atoms with van der Waals surface area (Å²) in [6.07, 6.45) is 10.7. The Morgan fingerprint density at radius 3 is 2.52 bits per heavy atom. The molecule has 0 unspecified atom stereocenters. The van der Waals surface area contributed by atoms with E-state index in [-0.39, 0.29) is 0 Å². The molecule has 0 aliphatic carbocycles. The maximum absolute atomic E-state index is 9.25. The first-order chi connectivity index (χ1) is 14.8. The molecular formula is C24H31N7. The lowest BCUT2D eigenvalue weighted by Gasteiger charge is -2.12. The third-order valence-electron chi connectivity index (χ3n) is 4.07. The molecule has 7 nitrogen and oxygen atoms in total. The minimum atomic E-state index is 0.416. The molecule has 0 fully saturated rings. The number of pyridine rings is 1. The fourth-order valence-electron chi connectivity index (χ4n) is 2.67. The molecule has 1 heterocycles. The van der Waals surface area contributed by atoms with Gasteiger partial charge in [0.1, 0.15) is 6.07 Å². The molecule has 31 heavy (non-hydrogen) atoms. The average molecular weight is 418 g/mol. The lowest BCUT2D eigenvalue weighted by atomic mass is 10.1. The van der Waals surface area contributed by atoms with Gasteiger partial charge in [-0.1, -0.05) is 24.8 Å². The van der Waals surface area contributed by atoms with Crippen molar-refractivity contribution in [3.05, 3.63) is 66.3 Å². The van der Waals surface area contributed by atoms with E-state index in [1.54, 1.807) is 31.6 Å². The van der Waals surface area contributed by atoms with Gasteiger partial charge in [0.15, 0.2) is 0 Å². The Balaban J connectivity index is 3.29. The number of hydrogen-bond acceptors (Lipinski definition) is 5. The van der Waals surface area contributed by atoms with Crippen molar-refractivity contribution < 1.29 is 0 Å². The molecule has 1 N–H and O–H groups in total. The van der Waals surface area contributed by atoms with Crippen LogP contribution in [0.1, 0.15) is 32.0 Å². The summed E-state index contributed by atoms with van der Waals surface area (Å²) in [5.41, 5.74) is 5.03. The highest BCUT2D eigenvalue weighted by molar-refractivity contribution is 6.49. The minimum Gasteiger partial charge on any atom is -0.383 e. The van der Waals surface area contributed by atoms with Crippen LogP contribution in [0.25, 0.3) is 5.57 Å². The number of rotatable bonds is 7. The molecule has 0 radical (unpaired) electrons. The van der Waals surface area contributed by atoms with Crippen molar-refractivity contribution >= 4 is 28.6 Å². The van der Waals surface area contributed by atoms with Crippen molar-refractivity contribution in [3.8, 4) is 6.07 Å². The molecule has 7 heteroatoms. The van der Waals surface area contributed by atoms with Gasteiger partial charge < -0.3 is 10.2 Å². The number of guanidine groups is 1. The van der Waals surface area contributed by atoms with E-state index in [1.807, 2.05) is 65.0 Å². The first kappa shape index (κ1) is 25.2. The zero-order valence-electron chi connectivity index (χ0n) is 19.4. The van der Waals surface area contributed by atoms with Gasteiger partial charge in [-0.2, -0.15) is 5.26 Å². The van der Waals surface area contributed by atoms with E-state index in [1.165, 1.54) is 0 Å². The summed E-state index contributed by atoms with van der Waals surface area (Å²) in [6, 6.07) is 4.07. The van der Waals surface area contributed by atoms with Crippen LogP contribution in [0.4, 0.5) is 5.69 Å². The van der Waals surface area contributed by atoms with Gasteiger partial charge in [-0.15, -0.1) is 0 Å². The number of nitrogens with zero attached hydrogens (tertiary/aromatic N) is 6. The molecule has 0 atom stereocenters. The van der Waals surface area contributed by atoms with Crippen LogP contribution in [-0.2, 0) is 0 Å². The van der Waals surface area contributed by atoms with Crippen molar-refractivity contribution in [2.75, 3.05) is 26.5 Å². The highest BCUT2D eigenvalue weighted by Gasteiger charge is 2.11. The Bertz CT molecular complexity index is 1010. The maximum Gasteiger partial charge on any atom is 0.222 e. The SMILES string of the molecule is C=C/C(=C\N(C)C)C(=N/C=C\C)/C(C)=N/C(=NC)Nc1cnc(/C(C#N)=C\C)c(C)c1. The quantitative estimate of drug-likeness (QED) is 0.299. The fraction of sp³-hybridized carbons (Fsp3) is 0.292. The van der Waals surface area contributed by atoms with Crippen LogP contribution < -0.4 is 5.32 Å². The topological polar surface area (TPSA) is 89.0 Å². The third kappa shape index (κ3) is 7.52. The van der Waals surface area contributed by atoms with Crippen molar-refractivity contribution in [1.29, 1.82) is 5.26 Å². The summed E-state index contributed by atoms with van der Waals surface area (Å²) in [5, 5.41) is 12.4. The first-order valence-corrected chi connectivity index (χ1v) is 9.84. The summed E-state index contributed by atoms with van der Waals surface area (Å²) in [6.45, 7) is 11.4. The minimum absolute atomic E-state index is 0.416. The van der Waals surface area contributed by atoms with Crippen LogP contribution in [0.5, 0.6) is 0 Å². The van der Waals surface area contributed by atoms with Crippen LogP contribution in [0.2, 0.25) is 0 Å². The number of aliphatic imine (C=N–C) groups is 3. The normalized spacial score (nSPS) is 13.9. The smallest absolute Gasteiger partial charge is 0.222 e. The Kier molecular flexibility index (Phi) is 10.3. The summed E-state index contributed by atoms with van der Waals surface area (Å²) < 4.78 is 0. The molecule has 1 aromatic heterocycles. The number of aryl methyl sites for hydroxylation is 1. The molecule has 1 rings (SSSR count). The number of hydrogen-bond donors (Lipinski definition) is 1. The first-order valence-electron chi connectivity index (χ1n) is 9.84. The monoisotopic (exact) mass is 417 g/mol. The van der Waals surface area contributed by atoms with Crippen LogP contribution in [-0.4, -0.2) is 48.4 Å². The third-order valence-corrected chi connectivity index (χ3v) is 4.07. The van der Waals surface area contributed by atoms with E-state index in [9.17, 15) is 5.26 Å². The van der Waals surface area contributed by atoms with Crippen LogP contribution >= 0.6 is 0 Å². The molecule has 0 aliphatic rings. The van der Waals surface area contributed by atoms with E-state index < -0.39 is 0 Å². The van der Waals surface area contributed by atoms with E-state index in [4.69, 9.17) is 0 Å². The summed E-state index contributed by atoms with van der Waals surface area (Å²) in [4.78, 5) is 19.8. The Labute approximate surface area is 185 Å². The lowest BCUT2D eigenvalue weighted by molar-refractivity contribution is 0.562. The lowest BCUT2D eigenvalue weighted by Crippen LogP contribution is -2.19.